The van der Waals surface area contributed by atoms with E-state index in [0.717, 1.165) is 37.8 Å². The van der Waals surface area contributed by atoms with Gasteiger partial charge in [-0.15, -0.1) is 0 Å². The van der Waals surface area contributed by atoms with Crippen molar-refractivity contribution in [2.45, 2.75) is 43.5 Å². The minimum atomic E-state index is -3.74. The maximum atomic E-state index is 12.9. The third kappa shape index (κ3) is 3.85. The minimum Gasteiger partial charge on any atom is -0.342 e. The number of carbonyl (C=O) groups is 1. The van der Waals surface area contributed by atoms with Crippen LogP contribution in [0.15, 0.2) is 29.2 Å². The molecule has 1 aromatic rings. The van der Waals surface area contributed by atoms with Crippen molar-refractivity contribution in [1.29, 1.82) is 0 Å². The monoisotopic (exact) mass is 327 g/mol. The van der Waals surface area contributed by atoms with E-state index < -0.39 is 27.3 Å². The van der Waals surface area contributed by atoms with Gasteiger partial charge in [0.05, 0.1) is 4.90 Å². The Bertz CT molecular complexity index is 627. The average molecular weight is 327 g/mol. The van der Waals surface area contributed by atoms with Crippen LogP contribution in [-0.2, 0) is 14.6 Å². The van der Waals surface area contributed by atoms with Gasteiger partial charge in [-0.05, 0) is 43.0 Å². The highest BCUT2D eigenvalue weighted by Crippen LogP contribution is 2.27. The summed E-state index contributed by atoms with van der Waals surface area (Å²) in [6, 6.07) is 4.67. The van der Waals surface area contributed by atoms with E-state index in [4.69, 9.17) is 0 Å². The molecule has 1 saturated carbocycles. The highest BCUT2D eigenvalue weighted by atomic mass is 32.2. The van der Waals surface area contributed by atoms with Gasteiger partial charge < -0.3 is 4.90 Å². The molecule has 0 N–H and O–H groups in total. The van der Waals surface area contributed by atoms with Crippen molar-refractivity contribution in [1.82, 2.24) is 4.90 Å². The first-order valence-corrected chi connectivity index (χ1v) is 9.20. The first-order chi connectivity index (χ1) is 10.3. The molecule has 1 aliphatic rings. The van der Waals surface area contributed by atoms with Gasteiger partial charge in [0.2, 0.25) is 5.91 Å². The zero-order valence-corrected chi connectivity index (χ0v) is 13.8. The third-order valence-electron chi connectivity index (χ3n) is 4.44. The Morgan fingerprint density at radius 3 is 2.41 bits per heavy atom. The fraction of sp³-hybridized carbons (Fsp3) is 0.562. The molecular weight excluding hydrogens is 305 g/mol. The van der Waals surface area contributed by atoms with Crippen molar-refractivity contribution >= 4 is 15.7 Å². The first-order valence-electron chi connectivity index (χ1n) is 7.55. The lowest BCUT2D eigenvalue weighted by Gasteiger charge is -2.36. The number of sulfone groups is 1. The first kappa shape index (κ1) is 16.9. The van der Waals surface area contributed by atoms with Crippen LogP contribution in [-0.4, -0.2) is 38.1 Å². The van der Waals surface area contributed by atoms with Gasteiger partial charge in [-0.2, -0.15) is 0 Å². The summed E-state index contributed by atoms with van der Waals surface area (Å²) in [5, 5.41) is 0. The van der Waals surface area contributed by atoms with E-state index in [0.29, 0.717) is 5.92 Å². The van der Waals surface area contributed by atoms with Gasteiger partial charge in [0.1, 0.15) is 11.6 Å². The fourth-order valence-electron chi connectivity index (χ4n) is 3.05. The van der Waals surface area contributed by atoms with E-state index in [-0.39, 0.29) is 10.9 Å². The second-order valence-corrected chi connectivity index (χ2v) is 8.04. The Kier molecular flexibility index (Phi) is 5.21. The smallest absolute Gasteiger partial charge is 0.238 e. The Balaban J connectivity index is 2.08. The third-order valence-corrected chi connectivity index (χ3v) is 6.06. The lowest BCUT2D eigenvalue weighted by Crippen LogP contribution is -2.44. The summed E-state index contributed by atoms with van der Waals surface area (Å²) in [4.78, 5) is 13.9. The Morgan fingerprint density at radius 1 is 1.23 bits per heavy atom. The molecule has 6 heteroatoms. The highest BCUT2D eigenvalue weighted by Gasteiger charge is 2.30. The van der Waals surface area contributed by atoms with E-state index in [2.05, 4.69) is 6.92 Å². The van der Waals surface area contributed by atoms with Gasteiger partial charge in [0.15, 0.2) is 9.84 Å². The molecule has 1 aromatic carbocycles. The molecule has 0 aromatic heterocycles. The Morgan fingerprint density at radius 2 is 1.82 bits per heavy atom. The second-order valence-electron chi connectivity index (χ2n) is 6.05. The second kappa shape index (κ2) is 6.77. The van der Waals surface area contributed by atoms with Crippen molar-refractivity contribution in [2.75, 3.05) is 12.8 Å². The normalized spacial score (nSPS) is 22.3. The summed E-state index contributed by atoms with van der Waals surface area (Å²) < 4.78 is 37.4. The summed E-state index contributed by atoms with van der Waals surface area (Å²) in [5.41, 5.74) is 0. The minimum absolute atomic E-state index is 0.0210. The van der Waals surface area contributed by atoms with Crippen LogP contribution < -0.4 is 0 Å². The predicted octanol–water partition coefficient (Wildman–Crippen LogP) is 2.64. The van der Waals surface area contributed by atoms with Gasteiger partial charge in [-0.1, -0.05) is 19.8 Å². The molecule has 0 bridgehead atoms. The molecule has 22 heavy (non-hydrogen) atoms. The van der Waals surface area contributed by atoms with Crippen LogP contribution in [0.25, 0.3) is 0 Å². The van der Waals surface area contributed by atoms with Crippen molar-refractivity contribution < 1.29 is 17.6 Å². The van der Waals surface area contributed by atoms with Gasteiger partial charge in [0, 0.05) is 13.1 Å². The maximum absolute atomic E-state index is 12.9. The number of nitrogens with zero attached hydrogens (tertiary/aromatic N) is 1. The molecule has 2 unspecified atom stereocenters. The van der Waals surface area contributed by atoms with E-state index in [9.17, 15) is 17.6 Å². The lowest BCUT2D eigenvalue weighted by molar-refractivity contribution is -0.130. The molecule has 0 spiro atoms. The molecule has 122 valence electrons. The van der Waals surface area contributed by atoms with Crippen molar-refractivity contribution in [3.05, 3.63) is 30.1 Å². The number of amides is 1. The molecule has 1 fully saturated rings. The number of carbonyl (C=O) groups excluding carboxylic acids is 1. The van der Waals surface area contributed by atoms with Crippen molar-refractivity contribution in [3.63, 3.8) is 0 Å². The summed E-state index contributed by atoms with van der Waals surface area (Å²) in [5.74, 6) is -1.09. The van der Waals surface area contributed by atoms with Crippen LogP contribution in [0.3, 0.4) is 0 Å². The molecule has 1 aliphatic carbocycles. The molecule has 0 radical (unpaired) electrons. The molecule has 2 rings (SSSR count). The molecule has 1 amide bonds. The van der Waals surface area contributed by atoms with E-state index in [1.807, 2.05) is 0 Å². The molecule has 0 saturated heterocycles. The van der Waals surface area contributed by atoms with Crippen LogP contribution in [0.2, 0.25) is 0 Å². The van der Waals surface area contributed by atoms with Crippen molar-refractivity contribution in [2.24, 2.45) is 5.92 Å². The van der Waals surface area contributed by atoms with Crippen LogP contribution in [0.1, 0.15) is 32.6 Å². The number of hydrogen-bond acceptors (Lipinski definition) is 3. The number of halogens is 1. The van der Waals surface area contributed by atoms with E-state index in [1.165, 1.54) is 12.1 Å². The quantitative estimate of drug-likeness (QED) is 0.799. The van der Waals surface area contributed by atoms with E-state index >= 15 is 0 Å². The molecule has 0 aliphatic heterocycles. The molecule has 0 heterocycles. The Hall–Kier alpha value is -1.43. The standard InChI is InChI=1S/C16H22FNO3S/c1-12-5-3-4-6-15(12)18(2)16(19)11-22(20,21)14-9-7-13(17)8-10-14/h7-10,12,15H,3-6,11H2,1-2H3. The largest absolute Gasteiger partial charge is 0.342 e. The SMILES string of the molecule is CC1CCCCC1N(C)C(=O)CS(=O)(=O)c1ccc(F)cc1. The van der Waals surface area contributed by atoms with Crippen LogP contribution in [0.4, 0.5) is 4.39 Å². The van der Waals surface area contributed by atoms with Gasteiger partial charge in [-0.3, -0.25) is 4.79 Å². The summed E-state index contributed by atoms with van der Waals surface area (Å²) in [6.07, 6.45) is 4.21. The molecular formula is C16H22FNO3S. The van der Waals surface area contributed by atoms with Gasteiger partial charge in [-0.25, -0.2) is 12.8 Å². The number of benzene rings is 1. The highest BCUT2D eigenvalue weighted by molar-refractivity contribution is 7.92. The van der Waals surface area contributed by atoms with Gasteiger partial charge in [0.25, 0.3) is 0 Å². The van der Waals surface area contributed by atoms with E-state index in [1.54, 1.807) is 11.9 Å². The lowest BCUT2D eigenvalue weighted by atomic mass is 9.85. The van der Waals surface area contributed by atoms with Crippen LogP contribution in [0, 0.1) is 11.7 Å². The predicted molar refractivity (Wildman–Crippen MR) is 82.6 cm³/mol. The Labute approximate surface area is 131 Å². The van der Waals surface area contributed by atoms with Crippen LogP contribution in [0.5, 0.6) is 0 Å². The zero-order valence-electron chi connectivity index (χ0n) is 13.0. The summed E-state index contributed by atoms with van der Waals surface area (Å²) in [6.45, 7) is 2.10. The fourth-order valence-corrected chi connectivity index (χ4v) is 4.29. The van der Waals surface area contributed by atoms with Crippen molar-refractivity contribution in [3.8, 4) is 0 Å². The molecule has 2 atom stereocenters. The topological polar surface area (TPSA) is 54.5 Å². The maximum Gasteiger partial charge on any atom is 0.238 e. The van der Waals surface area contributed by atoms with Crippen LogP contribution >= 0.6 is 0 Å². The molecule has 4 nitrogen and oxygen atoms in total. The summed E-state index contributed by atoms with van der Waals surface area (Å²) >= 11 is 0. The number of rotatable bonds is 4. The van der Waals surface area contributed by atoms with Gasteiger partial charge >= 0.3 is 0 Å². The number of hydrogen-bond donors (Lipinski definition) is 0. The average Bonchev–Trinajstić information content (AvgIpc) is 2.47. The summed E-state index contributed by atoms with van der Waals surface area (Å²) in [7, 11) is -2.06. The zero-order chi connectivity index (χ0) is 16.3.